The molecule has 0 amide bonds. The summed E-state index contributed by atoms with van der Waals surface area (Å²) in [6.07, 6.45) is 2.56. The number of aromatic nitrogens is 6. The fourth-order valence-electron chi connectivity index (χ4n) is 3.12. The standard InChI is InChI=1S/C18H15ClF3N7/c1-2-14(10-3-4-15(24-6-10)18(20,21)22)28-9-12(7-25-28)11-5-13(19)16-26-17(23)27-29(16)8-11/h3-9,14H,2H2,1H3,(H2,23,27). The molecule has 7 nitrogen and oxygen atoms in total. The minimum absolute atomic E-state index is 0.112. The Kier molecular flexibility index (Phi) is 4.65. The van der Waals surface area contributed by atoms with E-state index in [2.05, 4.69) is 20.2 Å². The predicted octanol–water partition coefficient (Wildman–Crippen LogP) is 4.24. The number of nitrogens with two attached hydrogens (primary N) is 1. The Morgan fingerprint density at radius 3 is 2.62 bits per heavy atom. The van der Waals surface area contributed by atoms with E-state index in [0.717, 1.165) is 17.2 Å². The molecule has 2 N–H and O–H groups in total. The fourth-order valence-corrected chi connectivity index (χ4v) is 3.37. The van der Waals surface area contributed by atoms with Crippen LogP contribution in [0.1, 0.15) is 30.6 Å². The van der Waals surface area contributed by atoms with Gasteiger partial charge in [0.1, 0.15) is 5.69 Å². The van der Waals surface area contributed by atoms with Crippen molar-refractivity contribution in [3.63, 3.8) is 0 Å². The van der Waals surface area contributed by atoms with Crippen molar-refractivity contribution in [2.75, 3.05) is 5.73 Å². The van der Waals surface area contributed by atoms with Crippen LogP contribution in [0.5, 0.6) is 0 Å². The van der Waals surface area contributed by atoms with Gasteiger partial charge in [0.2, 0.25) is 5.95 Å². The van der Waals surface area contributed by atoms with Gasteiger partial charge in [0.25, 0.3) is 0 Å². The van der Waals surface area contributed by atoms with Crippen LogP contribution in [-0.2, 0) is 6.18 Å². The van der Waals surface area contributed by atoms with E-state index in [0.29, 0.717) is 22.7 Å². The number of nitrogen functional groups attached to an aromatic ring is 1. The van der Waals surface area contributed by atoms with E-state index in [1.165, 1.54) is 16.8 Å². The molecule has 4 aromatic rings. The first kappa shape index (κ1) is 19.2. The maximum atomic E-state index is 12.8. The van der Waals surface area contributed by atoms with Gasteiger partial charge in [-0.2, -0.15) is 23.3 Å². The number of anilines is 1. The van der Waals surface area contributed by atoms with E-state index in [1.54, 1.807) is 29.3 Å². The summed E-state index contributed by atoms with van der Waals surface area (Å²) < 4.78 is 41.4. The lowest BCUT2D eigenvalue weighted by Gasteiger charge is -2.16. The lowest BCUT2D eigenvalue weighted by Crippen LogP contribution is -2.13. The van der Waals surface area contributed by atoms with E-state index in [1.807, 2.05) is 6.92 Å². The van der Waals surface area contributed by atoms with Gasteiger partial charge in [-0.3, -0.25) is 9.67 Å². The Bertz CT molecular complexity index is 1160. The van der Waals surface area contributed by atoms with Crippen LogP contribution in [0.25, 0.3) is 16.8 Å². The van der Waals surface area contributed by atoms with Crippen LogP contribution in [0.3, 0.4) is 0 Å². The minimum atomic E-state index is -4.47. The summed E-state index contributed by atoms with van der Waals surface area (Å²) in [6.45, 7) is 1.92. The number of fused-ring (bicyclic) bond motifs is 1. The Hall–Kier alpha value is -3.14. The average molecular weight is 422 g/mol. The molecule has 29 heavy (non-hydrogen) atoms. The van der Waals surface area contributed by atoms with Crippen molar-refractivity contribution in [1.82, 2.24) is 29.4 Å². The number of alkyl halides is 3. The number of hydrogen-bond donors (Lipinski definition) is 1. The smallest absolute Gasteiger partial charge is 0.366 e. The average Bonchev–Trinajstić information content (AvgIpc) is 3.29. The minimum Gasteiger partial charge on any atom is -0.366 e. The number of halogens is 4. The first-order valence-electron chi connectivity index (χ1n) is 8.65. The molecule has 150 valence electrons. The first-order chi connectivity index (χ1) is 13.8. The van der Waals surface area contributed by atoms with Crippen molar-refractivity contribution in [3.05, 3.63) is 59.3 Å². The third-order valence-corrected chi connectivity index (χ3v) is 4.79. The quantitative estimate of drug-likeness (QED) is 0.532. The van der Waals surface area contributed by atoms with Gasteiger partial charge in [-0.25, -0.2) is 4.52 Å². The maximum Gasteiger partial charge on any atom is 0.433 e. The highest BCUT2D eigenvalue weighted by atomic mass is 35.5. The highest BCUT2D eigenvalue weighted by molar-refractivity contribution is 6.33. The Balaban J connectivity index is 1.67. The fraction of sp³-hybridized carbons (Fsp3) is 0.222. The molecule has 0 saturated heterocycles. The number of hydrogen-bond acceptors (Lipinski definition) is 5. The van der Waals surface area contributed by atoms with E-state index in [9.17, 15) is 13.2 Å². The lowest BCUT2D eigenvalue weighted by molar-refractivity contribution is -0.141. The van der Waals surface area contributed by atoms with Gasteiger partial charge in [-0.05, 0) is 24.1 Å². The Morgan fingerprint density at radius 2 is 1.97 bits per heavy atom. The SMILES string of the molecule is CCC(c1ccc(C(F)(F)F)nc1)n1cc(-c2cc(Cl)c3nc(N)nn3c2)cn1. The zero-order chi connectivity index (χ0) is 20.8. The van der Waals surface area contributed by atoms with E-state index in [-0.39, 0.29) is 12.0 Å². The first-order valence-corrected chi connectivity index (χ1v) is 9.03. The molecule has 4 aromatic heterocycles. The monoisotopic (exact) mass is 421 g/mol. The molecule has 0 spiro atoms. The van der Waals surface area contributed by atoms with Gasteiger partial charge in [0, 0.05) is 29.7 Å². The van der Waals surface area contributed by atoms with Crippen LogP contribution in [0.15, 0.2) is 43.0 Å². The van der Waals surface area contributed by atoms with Crippen molar-refractivity contribution in [2.24, 2.45) is 0 Å². The van der Waals surface area contributed by atoms with Crippen molar-refractivity contribution in [1.29, 1.82) is 0 Å². The zero-order valence-electron chi connectivity index (χ0n) is 15.1. The lowest BCUT2D eigenvalue weighted by atomic mass is 10.1. The van der Waals surface area contributed by atoms with E-state index < -0.39 is 11.9 Å². The number of rotatable bonds is 4. The Morgan fingerprint density at radius 1 is 1.17 bits per heavy atom. The van der Waals surface area contributed by atoms with Gasteiger partial charge >= 0.3 is 6.18 Å². The van der Waals surface area contributed by atoms with Gasteiger partial charge < -0.3 is 5.73 Å². The van der Waals surface area contributed by atoms with Crippen molar-refractivity contribution < 1.29 is 13.2 Å². The summed E-state index contributed by atoms with van der Waals surface area (Å²) in [6, 6.07) is 3.87. The van der Waals surface area contributed by atoms with Crippen LogP contribution in [-0.4, -0.2) is 29.4 Å². The topological polar surface area (TPSA) is 86.9 Å². The summed E-state index contributed by atoms with van der Waals surface area (Å²) in [4.78, 5) is 7.59. The molecule has 4 rings (SSSR count). The van der Waals surface area contributed by atoms with Crippen LogP contribution >= 0.6 is 11.6 Å². The summed E-state index contributed by atoms with van der Waals surface area (Å²) in [5.41, 5.74) is 7.29. The van der Waals surface area contributed by atoms with Gasteiger partial charge in [-0.1, -0.05) is 24.6 Å². The van der Waals surface area contributed by atoms with E-state index in [4.69, 9.17) is 17.3 Å². The molecular formula is C18H15ClF3N7. The third kappa shape index (κ3) is 3.63. The molecule has 0 fully saturated rings. The molecule has 0 aliphatic heterocycles. The summed E-state index contributed by atoms with van der Waals surface area (Å²) >= 11 is 6.26. The third-order valence-electron chi connectivity index (χ3n) is 4.51. The molecule has 11 heteroatoms. The van der Waals surface area contributed by atoms with Gasteiger partial charge in [0.05, 0.1) is 17.3 Å². The zero-order valence-corrected chi connectivity index (χ0v) is 15.9. The summed E-state index contributed by atoms with van der Waals surface area (Å²) in [5, 5.41) is 8.83. The molecule has 0 bridgehead atoms. The van der Waals surface area contributed by atoms with Crippen molar-refractivity contribution in [2.45, 2.75) is 25.6 Å². The summed E-state index contributed by atoms with van der Waals surface area (Å²) in [5.74, 6) is 0.112. The molecular weight excluding hydrogens is 407 g/mol. The molecule has 0 radical (unpaired) electrons. The number of nitrogens with zero attached hydrogens (tertiary/aromatic N) is 6. The predicted molar refractivity (Wildman–Crippen MR) is 101 cm³/mol. The van der Waals surface area contributed by atoms with Crippen LogP contribution < -0.4 is 5.73 Å². The highest BCUT2D eigenvalue weighted by Gasteiger charge is 2.32. The van der Waals surface area contributed by atoms with Gasteiger partial charge in [0.15, 0.2) is 5.65 Å². The molecule has 1 unspecified atom stereocenters. The highest BCUT2D eigenvalue weighted by Crippen LogP contribution is 2.30. The molecule has 0 aliphatic rings. The molecule has 0 saturated carbocycles. The number of pyridine rings is 2. The second kappa shape index (κ2) is 7.03. The molecule has 0 aromatic carbocycles. The van der Waals surface area contributed by atoms with Crippen LogP contribution in [0.4, 0.5) is 19.1 Å². The van der Waals surface area contributed by atoms with Crippen LogP contribution in [0.2, 0.25) is 5.02 Å². The Labute approximate surface area is 167 Å². The second-order valence-corrected chi connectivity index (χ2v) is 6.83. The molecule has 1 atom stereocenters. The molecule has 0 aliphatic carbocycles. The maximum absolute atomic E-state index is 12.8. The summed E-state index contributed by atoms with van der Waals surface area (Å²) in [7, 11) is 0. The largest absolute Gasteiger partial charge is 0.433 e. The van der Waals surface area contributed by atoms with Crippen molar-refractivity contribution in [3.8, 4) is 11.1 Å². The van der Waals surface area contributed by atoms with Crippen LogP contribution in [0, 0.1) is 0 Å². The molecule has 4 heterocycles. The van der Waals surface area contributed by atoms with E-state index >= 15 is 0 Å². The van der Waals surface area contributed by atoms with Gasteiger partial charge in [-0.15, -0.1) is 5.10 Å². The normalized spacial score (nSPS) is 13.1. The second-order valence-electron chi connectivity index (χ2n) is 6.42. The van der Waals surface area contributed by atoms with Crippen molar-refractivity contribution >= 4 is 23.2 Å².